The maximum atomic E-state index is 5.06. The van der Waals surface area contributed by atoms with Gasteiger partial charge < -0.3 is 0 Å². The summed E-state index contributed by atoms with van der Waals surface area (Å²) in [7, 11) is 0. The molecular formula is C37H27N3. The third kappa shape index (κ3) is 3.62. The fraction of sp³-hybridized carbons (Fsp3) is 0.108. The van der Waals surface area contributed by atoms with Crippen LogP contribution in [-0.4, -0.2) is 15.0 Å². The molecular weight excluding hydrogens is 486 g/mol. The molecule has 9 rings (SSSR count). The van der Waals surface area contributed by atoms with Crippen molar-refractivity contribution in [1.29, 1.82) is 0 Å². The van der Waals surface area contributed by atoms with Crippen LogP contribution in [0.4, 0.5) is 0 Å². The number of aromatic nitrogens is 3. The summed E-state index contributed by atoms with van der Waals surface area (Å²) in [4.78, 5) is 15.0. The second kappa shape index (κ2) is 9.10. The van der Waals surface area contributed by atoms with Gasteiger partial charge in [0.15, 0.2) is 17.5 Å². The Morgan fingerprint density at radius 2 is 1.05 bits per heavy atom. The van der Waals surface area contributed by atoms with E-state index in [9.17, 15) is 0 Å². The van der Waals surface area contributed by atoms with E-state index in [0.29, 0.717) is 17.6 Å². The number of hydrogen-bond donors (Lipinski definition) is 0. The maximum Gasteiger partial charge on any atom is 0.164 e. The van der Waals surface area contributed by atoms with E-state index in [4.69, 9.17) is 15.0 Å². The molecule has 40 heavy (non-hydrogen) atoms. The molecule has 0 amide bonds. The van der Waals surface area contributed by atoms with Crippen molar-refractivity contribution in [3.63, 3.8) is 0 Å². The Hall–Kier alpha value is -4.89. The third-order valence-corrected chi connectivity index (χ3v) is 8.53. The summed E-state index contributed by atoms with van der Waals surface area (Å²) in [6.45, 7) is 2.19. The van der Waals surface area contributed by atoms with Gasteiger partial charge in [-0.1, -0.05) is 115 Å². The van der Waals surface area contributed by atoms with Gasteiger partial charge in [-0.15, -0.1) is 0 Å². The smallest absolute Gasteiger partial charge is 0.164 e. The van der Waals surface area contributed by atoms with Crippen molar-refractivity contribution in [2.75, 3.05) is 0 Å². The molecule has 1 heterocycles. The van der Waals surface area contributed by atoms with Crippen LogP contribution < -0.4 is 0 Å². The predicted molar refractivity (Wildman–Crippen MR) is 160 cm³/mol. The normalized spacial score (nSPS) is 16.5. The molecule has 2 bridgehead atoms. The van der Waals surface area contributed by atoms with Gasteiger partial charge >= 0.3 is 0 Å². The summed E-state index contributed by atoms with van der Waals surface area (Å²) in [5.74, 6) is 2.65. The SMILES string of the molecule is Cc1cc2c(cc1-c1nc(-c3ccccc3)nc(-c3ccccc3)n1)C1Cc3ccccc3C2c2ccccc21. The fourth-order valence-electron chi connectivity index (χ4n) is 6.67. The van der Waals surface area contributed by atoms with Gasteiger partial charge in [0.1, 0.15) is 0 Å². The Labute approximate surface area is 234 Å². The van der Waals surface area contributed by atoms with Gasteiger partial charge in [0.25, 0.3) is 0 Å². The molecule has 0 aliphatic heterocycles. The average Bonchev–Trinajstić information content (AvgIpc) is 3.25. The van der Waals surface area contributed by atoms with Crippen LogP contribution in [0.3, 0.4) is 0 Å². The number of aryl methyl sites for hydroxylation is 1. The molecule has 3 heteroatoms. The van der Waals surface area contributed by atoms with Crippen LogP contribution in [0.2, 0.25) is 0 Å². The molecule has 5 aromatic carbocycles. The lowest BCUT2D eigenvalue weighted by Gasteiger charge is -2.32. The zero-order valence-corrected chi connectivity index (χ0v) is 22.3. The molecule has 0 saturated carbocycles. The summed E-state index contributed by atoms with van der Waals surface area (Å²) in [5, 5.41) is 0. The summed E-state index contributed by atoms with van der Waals surface area (Å²) < 4.78 is 0. The first kappa shape index (κ1) is 23.0. The second-order valence-electron chi connectivity index (χ2n) is 10.9. The van der Waals surface area contributed by atoms with Crippen molar-refractivity contribution in [2.24, 2.45) is 0 Å². The van der Waals surface area contributed by atoms with E-state index in [1.54, 1.807) is 0 Å². The van der Waals surface area contributed by atoms with Crippen LogP contribution in [0, 0.1) is 6.92 Å². The molecule has 3 aliphatic carbocycles. The van der Waals surface area contributed by atoms with Crippen molar-refractivity contribution in [3.05, 3.63) is 160 Å². The zero-order chi connectivity index (χ0) is 26.6. The minimum atomic E-state index is 0.243. The van der Waals surface area contributed by atoms with Gasteiger partial charge in [0.2, 0.25) is 0 Å². The van der Waals surface area contributed by atoms with Gasteiger partial charge in [0.05, 0.1) is 0 Å². The van der Waals surface area contributed by atoms with Gasteiger partial charge in [-0.25, -0.2) is 15.0 Å². The molecule has 0 radical (unpaired) electrons. The van der Waals surface area contributed by atoms with Crippen LogP contribution >= 0.6 is 0 Å². The number of benzene rings is 5. The highest BCUT2D eigenvalue weighted by Crippen LogP contribution is 2.52. The fourth-order valence-corrected chi connectivity index (χ4v) is 6.67. The van der Waals surface area contributed by atoms with Gasteiger partial charge in [-0.2, -0.15) is 0 Å². The standard InChI is InChI=1S/C37H27N3/c1-23-20-33-32(31-21-26-16-8-9-17-27(26)34(33)29-19-11-10-18-28(29)31)22-30(23)37-39-35(24-12-4-2-5-13-24)38-36(40-37)25-14-6-3-7-15-25/h2-20,22,31,34H,21H2,1H3. The van der Waals surface area contributed by atoms with E-state index in [-0.39, 0.29) is 5.92 Å². The lowest BCUT2D eigenvalue weighted by Crippen LogP contribution is -2.17. The lowest BCUT2D eigenvalue weighted by atomic mass is 9.71. The molecule has 6 aromatic rings. The highest BCUT2D eigenvalue weighted by Gasteiger charge is 2.38. The van der Waals surface area contributed by atoms with Crippen molar-refractivity contribution in [2.45, 2.75) is 25.2 Å². The topological polar surface area (TPSA) is 38.7 Å². The van der Waals surface area contributed by atoms with Gasteiger partial charge in [-0.05, 0) is 58.4 Å². The van der Waals surface area contributed by atoms with Gasteiger partial charge in [0, 0.05) is 28.5 Å². The van der Waals surface area contributed by atoms with E-state index in [1.165, 1.54) is 38.9 Å². The Bertz CT molecular complexity index is 1820. The van der Waals surface area contributed by atoms with E-state index in [0.717, 1.165) is 28.9 Å². The highest BCUT2D eigenvalue weighted by atomic mass is 15.0. The maximum absolute atomic E-state index is 5.06. The molecule has 190 valence electrons. The number of rotatable bonds is 3. The van der Waals surface area contributed by atoms with Crippen LogP contribution in [0.1, 0.15) is 50.8 Å². The molecule has 3 aliphatic rings. The molecule has 2 unspecified atom stereocenters. The Morgan fingerprint density at radius 1 is 0.500 bits per heavy atom. The number of nitrogens with zero attached hydrogens (tertiary/aromatic N) is 3. The number of hydrogen-bond acceptors (Lipinski definition) is 3. The minimum Gasteiger partial charge on any atom is -0.208 e. The van der Waals surface area contributed by atoms with Gasteiger partial charge in [-0.3, -0.25) is 0 Å². The molecule has 2 atom stereocenters. The first-order chi connectivity index (χ1) is 19.7. The average molecular weight is 514 g/mol. The lowest BCUT2D eigenvalue weighted by molar-refractivity contribution is 0.773. The van der Waals surface area contributed by atoms with Crippen molar-refractivity contribution < 1.29 is 0 Å². The minimum absolute atomic E-state index is 0.243. The molecule has 0 fully saturated rings. The summed E-state index contributed by atoms with van der Waals surface area (Å²) in [5.41, 5.74) is 12.8. The molecule has 0 spiro atoms. The van der Waals surface area contributed by atoms with Crippen LogP contribution in [0.25, 0.3) is 34.2 Å². The van der Waals surface area contributed by atoms with E-state index in [2.05, 4.69) is 91.9 Å². The second-order valence-corrected chi connectivity index (χ2v) is 10.9. The molecule has 0 N–H and O–H groups in total. The van der Waals surface area contributed by atoms with Crippen molar-refractivity contribution in [3.8, 4) is 34.2 Å². The molecule has 3 nitrogen and oxygen atoms in total. The Kier molecular flexibility index (Phi) is 5.24. The first-order valence-electron chi connectivity index (χ1n) is 13.9. The van der Waals surface area contributed by atoms with E-state index >= 15 is 0 Å². The first-order valence-corrected chi connectivity index (χ1v) is 13.9. The largest absolute Gasteiger partial charge is 0.208 e. The summed E-state index contributed by atoms with van der Waals surface area (Å²) in [6, 6.07) is 43.2. The molecule has 0 saturated heterocycles. The van der Waals surface area contributed by atoms with Crippen molar-refractivity contribution in [1.82, 2.24) is 15.0 Å². The van der Waals surface area contributed by atoms with Crippen LogP contribution in [0.15, 0.2) is 121 Å². The monoisotopic (exact) mass is 513 g/mol. The molecule has 1 aromatic heterocycles. The van der Waals surface area contributed by atoms with E-state index < -0.39 is 0 Å². The quantitative estimate of drug-likeness (QED) is 0.239. The summed E-state index contributed by atoms with van der Waals surface area (Å²) in [6.07, 6.45) is 1.00. The van der Waals surface area contributed by atoms with Crippen LogP contribution in [-0.2, 0) is 6.42 Å². The third-order valence-electron chi connectivity index (χ3n) is 8.53. The zero-order valence-electron chi connectivity index (χ0n) is 22.3. The Balaban J connectivity index is 1.35. The van der Waals surface area contributed by atoms with E-state index in [1.807, 2.05) is 36.4 Å². The van der Waals surface area contributed by atoms with Crippen molar-refractivity contribution >= 4 is 0 Å². The summed E-state index contributed by atoms with van der Waals surface area (Å²) >= 11 is 0. The predicted octanol–water partition coefficient (Wildman–Crippen LogP) is 8.36. The highest BCUT2D eigenvalue weighted by molar-refractivity contribution is 5.72. The van der Waals surface area contributed by atoms with Crippen LogP contribution in [0.5, 0.6) is 0 Å². The Morgan fingerprint density at radius 3 is 1.73 bits per heavy atom.